The molecule has 0 aliphatic carbocycles. The van der Waals surface area contributed by atoms with Gasteiger partial charge in [-0.1, -0.05) is 31.5 Å². The summed E-state index contributed by atoms with van der Waals surface area (Å²) in [6, 6.07) is 12.7. The maximum Gasteiger partial charge on any atom is 0.293 e. The van der Waals surface area contributed by atoms with Gasteiger partial charge in [-0.3, -0.25) is 9.59 Å². The molecule has 0 saturated heterocycles. The molecule has 0 aliphatic rings. The van der Waals surface area contributed by atoms with Gasteiger partial charge in [0.2, 0.25) is 5.91 Å². The molecule has 0 radical (unpaired) electrons. The lowest BCUT2D eigenvalue weighted by molar-refractivity contribution is -0.117. The van der Waals surface area contributed by atoms with Gasteiger partial charge < -0.3 is 5.32 Å². The molecule has 4 aromatic rings. The van der Waals surface area contributed by atoms with Gasteiger partial charge in [0, 0.05) is 16.1 Å². The summed E-state index contributed by atoms with van der Waals surface area (Å²) in [6.07, 6.45) is 1.67. The zero-order valence-electron chi connectivity index (χ0n) is 18.4. The van der Waals surface area contributed by atoms with Crippen molar-refractivity contribution >= 4 is 34.1 Å². The van der Waals surface area contributed by atoms with Crippen LogP contribution >= 0.6 is 11.6 Å². The largest absolute Gasteiger partial charge is 0.324 e. The molecule has 0 unspecified atom stereocenters. The Hall–Kier alpha value is -3.45. The van der Waals surface area contributed by atoms with E-state index in [2.05, 4.69) is 15.5 Å². The molecule has 7 nitrogen and oxygen atoms in total. The standard InChI is InChI=1S/C24H24ClN5O2/c1-14(2)22-20-12-26-30(19-10-5-15(3)16(4)11-19)23(20)24(32)29(28-22)13-21(31)27-18-8-6-17(25)7-9-18/h5-12,14H,13H2,1-4H3,(H,27,31). The maximum atomic E-state index is 13.4. The minimum atomic E-state index is -0.369. The summed E-state index contributed by atoms with van der Waals surface area (Å²) < 4.78 is 2.84. The van der Waals surface area contributed by atoms with Crippen LogP contribution < -0.4 is 10.9 Å². The number of amides is 1. The number of rotatable bonds is 5. The van der Waals surface area contributed by atoms with Crippen molar-refractivity contribution in [1.82, 2.24) is 19.6 Å². The number of hydrogen-bond donors (Lipinski definition) is 1. The first kappa shape index (κ1) is 21.8. The van der Waals surface area contributed by atoms with Crippen LogP contribution in [0.1, 0.15) is 36.6 Å². The van der Waals surface area contributed by atoms with E-state index >= 15 is 0 Å². The number of fused-ring (bicyclic) bond motifs is 1. The average Bonchev–Trinajstić information content (AvgIpc) is 3.19. The van der Waals surface area contributed by atoms with E-state index < -0.39 is 0 Å². The molecule has 1 amide bonds. The van der Waals surface area contributed by atoms with Crippen molar-refractivity contribution in [2.24, 2.45) is 0 Å². The van der Waals surface area contributed by atoms with Crippen molar-refractivity contribution in [1.29, 1.82) is 0 Å². The Kier molecular flexibility index (Phi) is 5.84. The molecule has 0 aliphatic heterocycles. The van der Waals surface area contributed by atoms with Crippen LogP contribution in [0.15, 0.2) is 53.5 Å². The van der Waals surface area contributed by atoms with Gasteiger partial charge in [0.25, 0.3) is 5.56 Å². The van der Waals surface area contributed by atoms with Crippen LogP contribution in [0.4, 0.5) is 5.69 Å². The van der Waals surface area contributed by atoms with Crippen LogP contribution in [0, 0.1) is 13.8 Å². The number of halogens is 1. The van der Waals surface area contributed by atoms with E-state index in [-0.39, 0.29) is 23.9 Å². The second-order valence-corrected chi connectivity index (χ2v) is 8.58. The topological polar surface area (TPSA) is 81.8 Å². The number of aryl methyl sites for hydroxylation is 2. The molecule has 0 bridgehead atoms. The molecule has 32 heavy (non-hydrogen) atoms. The van der Waals surface area contributed by atoms with Gasteiger partial charge in [-0.2, -0.15) is 10.2 Å². The number of carbonyl (C=O) groups is 1. The summed E-state index contributed by atoms with van der Waals surface area (Å²) >= 11 is 5.90. The molecule has 2 heterocycles. The zero-order chi connectivity index (χ0) is 23.0. The Morgan fingerprint density at radius 1 is 1.09 bits per heavy atom. The van der Waals surface area contributed by atoms with E-state index in [4.69, 9.17) is 11.6 Å². The van der Waals surface area contributed by atoms with Crippen molar-refractivity contribution in [3.63, 3.8) is 0 Å². The number of nitrogens with one attached hydrogen (secondary N) is 1. The number of nitrogens with zero attached hydrogens (tertiary/aromatic N) is 4. The third-order valence-electron chi connectivity index (χ3n) is 5.41. The van der Waals surface area contributed by atoms with E-state index in [0.717, 1.165) is 16.8 Å². The number of aromatic nitrogens is 4. The molecule has 4 rings (SSSR count). The second kappa shape index (κ2) is 8.59. The lowest BCUT2D eigenvalue weighted by atomic mass is 10.1. The Morgan fingerprint density at radius 2 is 1.81 bits per heavy atom. The maximum absolute atomic E-state index is 13.4. The molecule has 0 saturated carbocycles. The van der Waals surface area contributed by atoms with Gasteiger partial charge in [0.05, 0.1) is 17.6 Å². The predicted octanol–water partition coefficient (Wildman–Crippen LogP) is 4.61. The molecule has 2 aromatic heterocycles. The SMILES string of the molecule is Cc1ccc(-n2ncc3c(C(C)C)nn(CC(=O)Nc4ccc(Cl)cc4)c(=O)c32)cc1C. The quantitative estimate of drug-likeness (QED) is 0.482. The molecule has 0 fully saturated rings. The van der Waals surface area contributed by atoms with Crippen molar-refractivity contribution in [2.45, 2.75) is 40.2 Å². The van der Waals surface area contributed by atoms with Gasteiger partial charge in [0.1, 0.15) is 12.1 Å². The fraction of sp³-hybridized carbons (Fsp3) is 0.250. The van der Waals surface area contributed by atoms with Crippen LogP contribution in [-0.2, 0) is 11.3 Å². The first-order valence-electron chi connectivity index (χ1n) is 10.4. The Morgan fingerprint density at radius 3 is 2.47 bits per heavy atom. The second-order valence-electron chi connectivity index (χ2n) is 8.15. The van der Waals surface area contributed by atoms with E-state index in [1.165, 1.54) is 4.68 Å². The highest BCUT2D eigenvalue weighted by Gasteiger charge is 2.20. The highest BCUT2D eigenvalue weighted by atomic mass is 35.5. The van der Waals surface area contributed by atoms with Gasteiger partial charge in [-0.15, -0.1) is 0 Å². The predicted molar refractivity (Wildman–Crippen MR) is 127 cm³/mol. The summed E-state index contributed by atoms with van der Waals surface area (Å²) in [5.74, 6) is -0.311. The highest BCUT2D eigenvalue weighted by molar-refractivity contribution is 6.30. The summed E-state index contributed by atoms with van der Waals surface area (Å²) in [6.45, 7) is 7.84. The Labute approximate surface area is 190 Å². The molecule has 164 valence electrons. The number of anilines is 1. The fourth-order valence-electron chi connectivity index (χ4n) is 3.55. The first-order valence-corrected chi connectivity index (χ1v) is 10.7. The van der Waals surface area contributed by atoms with Crippen molar-refractivity contribution < 1.29 is 4.79 Å². The van der Waals surface area contributed by atoms with Gasteiger partial charge >= 0.3 is 0 Å². The summed E-state index contributed by atoms with van der Waals surface area (Å²) in [5, 5.41) is 13.0. The minimum Gasteiger partial charge on any atom is -0.324 e. The van der Waals surface area contributed by atoms with E-state index in [1.54, 1.807) is 35.1 Å². The van der Waals surface area contributed by atoms with Crippen molar-refractivity contribution in [3.05, 3.63) is 80.9 Å². The smallest absolute Gasteiger partial charge is 0.293 e. The van der Waals surface area contributed by atoms with Crippen LogP contribution in [-0.4, -0.2) is 25.5 Å². The lowest BCUT2D eigenvalue weighted by Crippen LogP contribution is -2.31. The molecule has 8 heteroatoms. The van der Waals surface area contributed by atoms with Gasteiger partial charge in [-0.25, -0.2) is 9.36 Å². The molecule has 2 aromatic carbocycles. The van der Waals surface area contributed by atoms with Crippen LogP contribution in [0.3, 0.4) is 0 Å². The summed E-state index contributed by atoms with van der Waals surface area (Å²) in [5.41, 5.74) is 4.40. The number of carbonyl (C=O) groups excluding carboxylic acids is 1. The fourth-order valence-corrected chi connectivity index (χ4v) is 3.68. The number of benzene rings is 2. The average molecular weight is 450 g/mol. The van der Waals surface area contributed by atoms with Crippen LogP contribution in [0.5, 0.6) is 0 Å². The van der Waals surface area contributed by atoms with Crippen LogP contribution in [0.25, 0.3) is 16.6 Å². The van der Waals surface area contributed by atoms with E-state index in [0.29, 0.717) is 27.3 Å². The Bertz CT molecular complexity index is 1370. The monoisotopic (exact) mass is 449 g/mol. The molecular weight excluding hydrogens is 426 g/mol. The third-order valence-corrected chi connectivity index (χ3v) is 5.67. The normalized spacial score (nSPS) is 11.3. The van der Waals surface area contributed by atoms with Crippen molar-refractivity contribution in [2.75, 3.05) is 5.32 Å². The molecule has 0 spiro atoms. The lowest BCUT2D eigenvalue weighted by Gasteiger charge is -2.13. The molecule has 0 atom stereocenters. The molecule has 1 N–H and O–H groups in total. The third kappa shape index (κ3) is 4.16. The van der Waals surface area contributed by atoms with E-state index in [9.17, 15) is 9.59 Å². The summed E-state index contributed by atoms with van der Waals surface area (Å²) in [7, 11) is 0. The van der Waals surface area contributed by atoms with Gasteiger partial charge in [-0.05, 0) is 67.3 Å². The number of hydrogen-bond acceptors (Lipinski definition) is 4. The first-order chi connectivity index (χ1) is 15.2. The van der Waals surface area contributed by atoms with Gasteiger partial charge in [0.15, 0.2) is 0 Å². The minimum absolute atomic E-state index is 0.0427. The van der Waals surface area contributed by atoms with Crippen LogP contribution in [0.2, 0.25) is 5.02 Å². The zero-order valence-corrected chi connectivity index (χ0v) is 19.1. The summed E-state index contributed by atoms with van der Waals surface area (Å²) in [4.78, 5) is 26.0. The highest BCUT2D eigenvalue weighted by Crippen LogP contribution is 2.24. The van der Waals surface area contributed by atoms with E-state index in [1.807, 2.05) is 45.9 Å². The van der Waals surface area contributed by atoms with Crippen molar-refractivity contribution in [3.8, 4) is 5.69 Å². The Balaban J connectivity index is 1.78. The molecular formula is C24H24ClN5O2.